The second-order valence-electron chi connectivity index (χ2n) is 5.64. The van der Waals surface area contributed by atoms with E-state index < -0.39 is 0 Å². The van der Waals surface area contributed by atoms with Gasteiger partial charge in [-0.1, -0.05) is 35.8 Å². The number of benzene rings is 1. The van der Waals surface area contributed by atoms with Crippen molar-refractivity contribution >= 4 is 0 Å². The highest BCUT2D eigenvalue weighted by Gasteiger charge is 2.56. The van der Waals surface area contributed by atoms with Gasteiger partial charge in [-0.05, 0) is 30.2 Å². The van der Waals surface area contributed by atoms with E-state index >= 15 is 0 Å². The number of nitrogens with zero attached hydrogens (tertiary/aromatic N) is 2. The van der Waals surface area contributed by atoms with E-state index in [0.29, 0.717) is 18.3 Å². The fourth-order valence-electron chi connectivity index (χ4n) is 3.47. The number of aromatic nitrogens is 2. The molecule has 0 saturated heterocycles. The molecule has 2 atom stereocenters. The zero-order chi connectivity index (χ0) is 12.8. The summed E-state index contributed by atoms with van der Waals surface area (Å²) in [5.74, 6) is 3.70. The van der Waals surface area contributed by atoms with Crippen LogP contribution in [0.25, 0.3) is 11.4 Å². The SMILES string of the molecule is NCc1ccc(-c2noc(C3C4CCCC43)n2)cc1. The quantitative estimate of drug-likeness (QED) is 0.915. The van der Waals surface area contributed by atoms with E-state index in [1.165, 1.54) is 19.3 Å². The minimum absolute atomic E-state index is 0.540. The third kappa shape index (κ3) is 1.78. The van der Waals surface area contributed by atoms with Crippen molar-refractivity contribution < 1.29 is 4.52 Å². The third-order valence-electron chi connectivity index (χ3n) is 4.58. The molecule has 0 radical (unpaired) electrons. The van der Waals surface area contributed by atoms with E-state index in [1.807, 2.05) is 24.3 Å². The lowest BCUT2D eigenvalue weighted by Crippen LogP contribution is -1.95. The normalized spacial score (nSPS) is 28.4. The van der Waals surface area contributed by atoms with Crippen LogP contribution in [0, 0.1) is 11.8 Å². The molecule has 0 spiro atoms. The molecule has 2 aliphatic carbocycles. The standard InChI is InChI=1S/C15H17N3O/c16-8-9-4-6-10(7-5-9)14-17-15(19-18-14)13-11-2-1-3-12(11)13/h4-7,11-13H,1-3,8,16H2. The lowest BCUT2D eigenvalue weighted by molar-refractivity contribution is 0.368. The van der Waals surface area contributed by atoms with Crippen LogP contribution in [0.3, 0.4) is 0 Å². The van der Waals surface area contributed by atoms with Crippen LogP contribution < -0.4 is 5.73 Å². The van der Waals surface area contributed by atoms with Crippen molar-refractivity contribution in [3.05, 3.63) is 35.7 Å². The van der Waals surface area contributed by atoms with Crippen molar-refractivity contribution in [3.63, 3.8) is 0 Å². The Bertz CT molecular complexity index is 580. The third-order valence-corrected chi connectivity index (χ3v) is 4.58. The first-order chi connectivity index (χ1) is 9.36. The summed E-state index contributed by atoms with van der Waals surface area (Å²) in [5.41, 5.74) is 7.71. The summed E-state index contributed by atoms with van der Waals surface area (Å²) in [6, 6.07) is 8.03. The van der Waals surface area contributed by atoms with Gasteiger partial charge in [-0.25, -0.2) is 0 Å². The molecule has 1 aromatic heterocycles. The highest BCUT2D eigenvalue weighted by molar-refractivity contribution is 5.54. The smallest absolute Gasteiger partial charge is 0.230 e. The van der Waals surface area contributed by atoms with Crippen molar-refractivity contribution in [2.75, 3.05) is 0 Å². The predicted molar refractivity (Wildman–Crippen MR) is 71.2 cm³/mol. The van der Waals surface area contributed by atoms with E-state index in [1.54, 1.807) is 0 Å². The van der Waals surface area contributed by atoms with Crippen molar-refractivity contribution in [2.24, 2.45) is 17.6 Å². The largest absolute Gasteiger partial charge is 0.339 e. The van der Waals surface area contributed by atoms with E-state index in [2.05, 4.69) is 10.1 Å². The first-order valence-electron chi connectivity index (χ1n) is 7.00. The average molecular weight is 255 g/mol. The number of rotatable bonds is 3. The van der Waals surface area contributed by atoms with Crippen LogP contribution in [0.2, 0.25) is 0 Å². The summed E-state index contributed by atoms with van der Waals surface area (Å²) < 4.78 is 5.45. The van der Waals surface area contributed by atoms with Crippen LogP contribution in [0.4, 0.5) is 0 Å². The molecule has 4 heteroatoms. The minimum Gasteiger partial charge on any atom is -0.339 e. The first-order valence-corrected chi connectivity index (χ1v) is 7.00. The molecule has 2 unspecified atom stereocenters. The van der Waals surface area contributed by atoms with Gasteiger partial charge in [0.1, 0.15) is 0 Å². The van der Waals surface area contributed by atoms with Gasteiger partial charge in [0.25, 0.3) is 0 Å². The monoisotopic (exact) mass is 255 g/mol. The maximum Gasteiger partial charge on any atom is 0.230 e. The maximum atomic E-state index is 5.59. The van der Waals surface area contributed by atoms with Gasteiger partial charge in [-0.3, -0.25) is 0 Å². The van der Waals surface area contributed by atoms with Gasteiger partial charge in [-0.2, -0.15) is 4.98 Å². The van der Waals surface area contributed by atoms with Crippen LogP contribution in [-0.2, 0) is 6.54 Å². The van der Waals surface area contributed by atoms with Gasteiger partial charge in [0, 0.05) is 18.0 Å². The second-order valence-corrected chi connectivity index (χ2v) is 5.64. The summed E-state index contributed by atoms with van der Waals surface area (Å²) in [6.07, 6.45) is 4.03. The molecule has 1 aromatic carbocycles. The number of hydrogen-bond donors (Lipinski definition) is 1. The van der Waals surface area contributed by atoms with E-state index in [4.69, 9.17) is 10.3 Å². The molecule has 2 saturated carbocycles. The van der Waals surface area contributed by atoms with Crippen LogP contribution in [0.5, 0.6) is 0 Å². The van der Waals surface area contributed by atoms with Crippen molar-refractivity contribution in [1.29, 1.82) is 0 Å². The molecule has 0 aliphatic heterocycles. The van der Waals surface area contributed by atoms with Crippen LogP contribution in [0.15, 0.2) is 28.8 Å². The molecule has 2 fully saturated rings. The molecule has 98 valence electrons. The van der Waals surface area contributed by atoms with Gasteiger partial charge >= 0.3 is 0 Å². The Hall–Kier alpha value is -1.68. The van der Waals surface area contributed by atoms with Crippen molar-refractivity contribution in [2.45, 2.75) is 31.7 Å². The zero-order valence-electron chi connectivity index (χ0n) is 10.7. The Morgan fingerprint density at radius 1 is 1.16 bits per heavy atom. The Labute approximate surface area is 112 Å². The Balaban J connectivity index is 1.57. The second kappa shape index (κ2) is 4.17. The molecular weight excluding hydrogens is 238 g/mol. The lowest BCUT2D eigenvalue weighted by Gasteiger charge is -1.97. The molecule has 19 heavy (non-hydrogen) atoms. The Morgan fingerprint density at radius 3 is 2.58 bits per heavy atom. The Kier molecular flexibility index (Phi) is 2.45. The predicted octanol–water partition coefficient (Wildman–Crippen LogP) is 2.71. The number of nitrogens with two attached hydrogens (primary N) is 1. The molecule has 0 amide bonds. The average Bonchev–Trinajstić information content (AvgIpc) is 2.90. The highest BCUT2D eigenvalue weighted by atomic mass is 16.5. The molecule has 0 bridgehead atoms. The summed E-state index contributed by atoms with van der Waals surface area (Å²) in [5, 5.41) is 4.11. The summed E-state index contributed by atoms with van der Waals surface area (Å²) in [7, 11) is 0. The first kappa shape index (κ1) is 11.2. The fraction of sp³-hybridized carbons (Fsp3) is 0.467. The number of fused-ring (bicyclic) bond motifs is 1. The zero-order valence-corrected chi connectivity index (χ0v) is 10.7. The molecule has 2 aromatic rings. The molecule has 2 N–H and O–H groups in total. The van der Waals surface area contributed by atoms with Crippen LogP contribution >= 0.6 is 0 Å². The van der Waals surface area contributed by atoms with Gasteiger partial charge in [-0.15, -0.1) is 0 Å². The summed E-state index contributed by atoms with van der Waals surface area (Å²) in [4.78, 5) is 4.57. The molecule has 4 rings (SSSR count). The molecule has 2 aliphatic rings. The topological polar surface area (TPSA) is 64.9 Å². The van der Waals surface area contributed by atoms with E-state index in [-0.39, 0.29) is 0 Å². The molecular formula is C15H17N3O. The minimum atomic E-state index is 0.540. The van der Waals surface area contributed by atoms with Gasteiger partial charge in [0.15, 0.2) is 0 Å². The highest BCUT2D eigenvalue weighted by Crippen LogP contribution is 2.62. The van der Waals surface area contributed by atoms with Crippen molar-refractivity contribution in [1.82, 2.24) is 10.1 Å². The lowest BCUT2D eigenvalue weighted by atomic mass is 10.1. The fourth-order valence-corrected chi connectivity index (χ4v) is 3.47. The molecule has 1 heterocycles. The Morgan fingerprint density at radius 2 is 1.89 bits per heavy atom. The summed E-state index contributed by atoms with van der Waals surface area (Å²) >= 11 is 0. The van der Waals surface area contributed by atoms with Crippen LogP contribution in [-0.4, -0.2) is 10.1 Å². The van der Waals surface area contributed by atoms with Gasteiger partial charge in [0.05, 0.1) is 0 Å². The number of hydrogen-bond acceptors (Lipinski definition) is 4. The van der Waals surface area contributed by atoms with E-state index in [9.17, 15) is 0 Å². The maximum absolute atomic E-state index is 5.59. The van der Waals surface area contributed by atoms with E-state index in [0.717, 1.165) is 28.9 Å². The molecule has 4 nitrogen and oxygen atoms in total. The van der Waals surface area contributed by atoms with Crippen LogP contribution in [0.1, 0.15) is 36.6 Å². The van der Waals surface area contributed by atoms with Gasteiger partial charge < -0.3 is 10.3 Å². The summed E-state index contributed by atoms with van der Waals surface area (Å²) in [6.45, 7) is 0.559. The van der Waals surface area contributed by atoms with Gasteiger partial charge in [0.2, 0.25) is 11.7 Å². The van der Waals surface area contributed by atoms with Crippen molar-refractivity contribution in [3.8, 4) is 11.4 Å².